The lowest BCUT2D eigenvalue weighted by atomic mass is 10.2. The van der Waals surface area contributed by atoms with Gasteiger partial charge in [0.25, 0.3) is 0 Å². The van der Waals surface area contributed by atoms with E-state index in [9.17, 15) is 4.79 Å². The molecule has 0 bridgehead atoms. The van der Waals surface area contributed by atoms with E-state index < -0.39 is 0 Å². The Morgan fingerprint density at radius 1 is 1.26 bits per heavy atom. The molecule has 3 heterocycles. The quantitative estimate of drug-likeness (QED) is 0.723. The monoisotopic (exact) mass is 395 g/mol. The van der Waals surface area contributed by atoms with Crippen molar-refractivity contribution >= 4 is 34.2 Å². The number of nitrogens with zero attached hydrogens (tertiary/aromatic N) is 4. The molecule has 1 aromatic rings. The predicted molar refractivity (Wildman–Crippen MR) is 95.5 cm³/mol. The second-order valence-electron chi connectivity index (χ2n) is 5.18. The number of benzene rings is 1. The van der Waals surface area contributed by atoms with Gasteiger partial charge < -0.3 is 5.32 Å². The van der Waals surface area contributed by atoms with Gasteiger partial charge in [-0.05, 0) is 19.1 Å². The largest absolute Gasteiger partial charge is 0.368 e. The second kappa shape index (κ2) is 5.98. The second-order valence-corrected chi connectivity index (χ2v) is 6.10. The van der Waals surface area contributed by atoms with Crippen molar-refractivity contribution in [2.75, 3.05) is 11.9 Å². The van der Waals surface area contributed by atoms with E-state index in [-0.39, 0.29) is 18.1 Å². The molecule has 23 heavy (non-hydrogen) atoms. The van der Waals surface area contributed by atoms with Crippen LogP contribution in [0.1, 0.15) is 6.92 Å². The molecule has 1 aromatic carbocycles. The van der Waals surface area contributed by atoms with Crippen LogP contribution in [0.2, 0.25) is 0 Å². The van der Waals surface area contributed by atoms with Gasteiger partial charge in [0.15, 0.2) is 11.6 Å². The Bertz CT molecular complexity index is 886. The van der Waals surface area contributed by atoms with Crippen LogP contribution in [0.25, 0.3) is 22.9 Å². The maximum atomic E-state index is 12.5. The van der Waals surface area contributed by atoms with Crippen LogP contribution in [-0.4, -0.2) is 25.6 Å². The number of aromatic nitrogens is 4. The van der Waals surface area contributed by atoms with Crippen LogP contribution in [0, 0.1) is 0 Å². The molecule has 120 valence electrons. The summed E-state index contributed by atoms with van der Waals surface area (Å²) in [5, 5.41) is 3.25. The van der Waals surface area contributed by atoms with Gasteiger partial charge >= 0.3 is 5.69 Å². The predicted octanol–water partition coefficient (Wildman–Crippen LogP) is 2.84. The molecule has 8 heteroatoms. The van der Waals surface area contributed by atoms with Gasteiger partial charge in [-0.25, -0.2) is 14.8 Å². The standard InChI is InChI=1S/C15H14BrN5O.ClH/c1-2-20-14-11(13-17-7-8-21(13)15(20)22)18-12(19-14)9-3-5-10(16)6-4-9;/h3-6,17H,2,7-8H2,1H3;1H. The highest BCUT2D eigenvalue weighted by molar-refractivity contribution is 9.10. The van der Waals surface area contributed by atoms with Crippen LogP contribution < -0.4 is 11.0 Å². The van der Waals surface area contributed by atoms with Gasteiger partial charge in [0.05, 0.1) is 0 Å². The first kappa shape index (κ1) is 16.0. The van der Waals surface area contributed by atoms with Crippen LogP contribution >= 0.6 is 28.3 Å². The average molecular weight is 397 g/mol. The summed E-state index contributed by atoms with van der Waals surface area (Å²) in [4.78, 5) is 21.8. The molecular weight excluding hydrogens is 382 g/mol. The van der Waals surface area contributed by atoms with E-state index in [0.29, 0.717) is 24.7 Å². The average Bonchev–Trinajstić information content (AvgIpc) is 3.15. The van der Waals surface area contributed by atoms with Crippen molar-refractivity contribution < 1.29 is 0 Å². The van der Waals surface area contributed by atoms with Crippen molar-refractivity contribution in [2.45, 2.75) is 20.0 Å². The van der Waals surface area contributed by atoms with Crippen molar-refractivity contribution in [1.82, 2.24) is 19.1 Å². The summed E-state index contributed by atoms with van der Waals surface area (Å²) in [7, 11) is 0. The zero-order valence-electron chi connectivity index (χ0n) is 12.4. The minimum Gasteiger partial charge on any atom is -0.368 e. The number of halogens is 2. The van der Waals surface area contributed by atoms with Gasteiger partial charge in [-0.15, -0.1) is 12.4 Å². The summed E-state index contributed by atoms with van der Waals surface area (Å²) in [6.07, 6.45) is 0. The molecule has 0 saturated carbocycles. The van der Waals surface area contributed by atoms with Gasteiger partial charge in [0, 0.05) is 29.7 Å². The summed E-state index contributed by atoms with van der Waals surface area (Å²) >= 11 is 3.43. The fraction of sp³-hybridized carbons (Fsp3) is 0.267. The SMILES string of the molecule is CCn1c2nc(-c3ccc(Br)cc3)nc-2c2n(c1=O)CCN2.Cl. The van der Waals surface area contributed by atoms with Crippen LogP contribution in [0.5, 0.6) is 0 Å². The van der Waals surface area contributed by atoms with Crippen molar-refractivity contribution in [3.8, 4) is 22.9 Å². The topological polar surface area (TPSA) is 64.7 Å². The van der Waals surface area contributed by atoms with Gasteiger partial charge in [-0.3, -0.25) is 9.13 Å². The Balaban J connectivity index is 0.00000156. The van der Waals surface area contributed by atoms with E-state index in [0.717, 1.165) is 28.1 Å². The van der Waals surface area contributed by atoms with Crippen molar-refractivity contribution in [2.24, 2.45) is 0 Å². The number of nitrogens with one attached hydrogen (secondary N) is 1. The Morgan fingerprint density at radius 2 is 2.00 bits per heavy atom. The molecule has 0 amide bonds. The Labute approximate surface area is 147 Å². The first-order valence-electron chi connectivity index (χ1n) is 7.20. The molecular formula is C15H15BrClN5O. The molecule has 0 radical (unpaired) electrons. The van der Waals surface area contributed by atoms with Crippen molar-refractivity contribution in [3.63, 3.8) is 0 Å². The number of anilines is 1. The highest BCUT2D eigenvalue weighted by Crippen LogP contribution is 2.31. The molecule has 3 aliphatic rings. The molecule has 1 N–H and O–H groups in total. The Morgan fingerprint density at radius 3 is 2.70 bits per heavy atom. The van der Waals surface area contributed by atoms with E-state index >= 15 is 0 Å². The zero-order valence-corrected chi connectivity index (χ0v) is 14.8. The number of imidazole rings is 1. The normalized spacial score (nSPS) is 12.8. The molecule has 0 saturated heterocycles. The third-order valence-corrected chi connectivity index (χ3v) is 4.43. The first-order valence-corrected chi connectivity index (χ1v) is 7.99. The van der Waals surface area contributed by atoms with E-state index in [1.807, 2.05) is 31.2 Å². The van der Waals surface area contributed by atoms with E-state index in [2.05, 4.69) is 31.2 Å². The third kappa shape index (κ3) is 2.44. The molecule has 6 nitrogen and oxygen atoms in total. The van der Waals surface area contributed by atoms with Gasteiger partial charge in [-0.2, -0.15) is 0 Å². The van der Waals surface area contributed by atoms with E-state index in [1.54, 1.807) is 9.13 Å². The smallest absolute Gasteiger partial charge is 0.331 e. The molecule has 0 spiro atoms. The highest BCUT2D eigenvalue weighted by Gasteiger charge is 2.27. The van der Waals surface area contributed by atoms with Gasteiger partial charge in [-0.1, -0.05) is 28.1 Å². The van der Waals surface area contributed by atoms with Crippen LogP contribution in [0.15, 0.2) is 33.5 Å². The number of rotatable bonds is 2. The first-order chi connectivity index (χ1) is 10.7. The fourth-order valence-electron chi connectivity index (χ4n) is 2.83. The van der Waals surface area contributed by atoms with Crippen molar-refractivity contribution in [1.29, 1.82) is 0 Å². The van der Waals surface area contributed by atoms with Crippen molar-refractivity contribution in [3.05, 3.63) is 39.2 Å². The minimum absolute atomic E-state index is 0. The summed E-state index contributed by atoms with van der Waals surface area (Å²) in [6.45, 7) is 3.95. The molecule has 0 fully saturated rings. The Hall–Kier alpha value is -1.86. The lowest BCUT2D eigenvalue weighted by Gasteiger charge is -2.12. The van der Waals surface area contributed by atoms with Crippen LogP contribution in [0.4, 0.5) is 5.82 Å². The maximum Gasteiger partial charge on any atom is 0.331 e. The minimum atomic E-state index is -0.0303. The third-order valence-electron chi connectivity index (χ3n) is 3.90. The van der Waals surface area contributed by atoms with Gasteiger partial charge in [0.1, 0.15) is 11.5 Å². The van der Waals surface area contributed by atoms with Crippen LogP contribution in [0.3, 0.4) is 0 Å². The molecule has 0 atom stereocenters. The molecule has 4 rings (SSSR count). The Kier molecular flexibility index (Phi) is 4.16. The summed E-state index contributed by atoms with van der Waals surface area (Å²) in [5.74, 6) is 2.07. The van der Waals surface area contributed by atoms with E-state index in [1.165, 1.54) is 0 Å². The molecule has 3 aliphatic heterocycles. The zero-order chi connectivity index (χ0) is 15.3. The molecule has 0 unspecified atom stereocenters. The number of fused-ring (bicyclic) bond motifs is 3. The van der Waals surface area contributed by atoms with Gasteiger partial charge in [0.2, 0.25) is 0 Å². The number of hydrogen-bond acceptors (Lipinski definition) is 4. The summed E-state index contributed by atoms with van der Waals surface area (Å²) in [5.41, 5.74) is 1.67. The maximum absolute atomic E-state index is 12.5. The molecule has 0 aliphatic carbocycles. The summed E-state index contributed by atoms with van der Waals surface area (Å²) in [6, 6.07) is 7.85. The highest BCUT2D eigenvalue weighted by atomic mass is 79.9. The summed E-state index contributed by atoms with van der Waals surface area (Å²) < 4.78 is 4.43. The number of hydrogen-bond donors (Lipinski definition) is 1. The van der Waals surface area contributed by atoms with Crippen LogP contribution in [-0.2, 0) is 13.1 Å². The lowest BCUT2D eigenvalue weighted by molar-refractivity contribution is 0.625. The lowest BCUT2D eigenvalue weighted by Crippen LogP contribution is -2.31. The molecule has 0 aromatic heterocycles. The van der Waals surface area contributed by atoms with E-state index in [4.69, 9.17) is 0 Å². The fourth-order valence-corrected chi connectivity index (χ4v) is 3.09.